The number of nitrogens with zero attached hydrogens (tertiary/aromatic N) is 4. The molecule has 0 atom stereocenters. The Bertz CT molecular complexity index is 1020. The summed E-state index contributed by atoms with van der Waals surface area (Å²) in [6, 6.07) is 8.15. The van der Waals surface area contributed by atoms with E-state index in [9.17, 15) is 9.59 Å². The van der Waals surface area contributed by atoms with Crippen molar-refractivity contribution in [1.29, 1.82) is 0 Å². The first-order chi connectivity index (χ1) is 12.9. The summed E-state index contributed by atoms with van der Waals surface area (Å²) in [5.74, 6) is -0.0836. The van der Waals surface area contributed by atoms with Crippen molar-refractivity contribution in [3.63, 3.8) is 0 Å². The third-order valence-corrected chi connectivity index (χ3v) is 4.89. The van der Waals surface area contributed by atoms with Gasteiger partial charge in [0.05, 0.1) is 6.33 Å². The number of aromatic nitrogens is 3. The van der Waals surface area contributed by atoms with E-state index in [0.29, 0.717) is 17.6 Å². The molecule has 0 saturated heterocycles. The van der Waals surface area contributed by atoms with Crippen LogP contribution in [0.5, 0.6) is 0 Å². The lowest BCUT2D eigenvalue weighted by Crippen LogP contribution is -2.34. The van der Waals surface area contributed by atoms with Crippen LogP contribution in [0.2, 0.25) is 0 Å². The summed E-state index contributed by atoms with van der Waals surface area (Å²) in [5.41, 5.74) is 4.10. The van der Waals surface area contributed by atoms with Crippen molar-refractivity contribution in [2.75, 3.05) is 13.6 Å². The summed E-state index contributed by atoms with van der Waals surface area (Å²) in [7, 11) is 3.61. The van der Waals surface area contributed by atoms with Gasteiger partial charge >= 0.3 is 0 Å². The molecule has 0 aliphatic heterocycles. The molecule has 0 bridgehead atoms. The maximum atomic E-state index is 13.0. The SMILES string of the molecule is CCCCN(C)C(=O)Cn1cnc2c(-c3ccc(C)cc3)cn(C)c2c1=O. The summed E-state index contributed by atoms with van der Waals surface area (Å²) in [5, 5.41) is 0. The molecule has 0 aliphatic rings. The van der Waals surface area contributed by atoms with E-state index < -0.39 is 0 Å². The third-order valence-electron chi connectivity index (χ3n) is 4.89. The molecular formula is C21H26N4O2. The first-order valence-corrected chi connectivity index (χ1v) is 9.27. The number of hydrogen-bond donors (Lipinski definition) is 0. The number of fused-ring (bicyclic) bond motifs is 1. The fourth-order valence-corrected chi connectivity index (χ4v) is 3.16. The monoisotopic (exact) mass is 366 g/mol. The van der Waals surface area contributed by atoms with Crippen LogP contribution in [0.15, 0.2) is 41.6 Å². The van der Waals surface area contributed by atoms with Crippen LogP contribution in [0.4, 0.5) is 0 Å². The Morgan fingerprint density at radius 2 is 1.93 bits per heavy atom. The Morgan fingerprint density at radius 1 is 1.22 bits per heavy atom. The molecule has 6 nitrogen and oxygen atoms in total. The van der Waals surface area contributed by atoms with Crippen LogP contribution in [0.25, 0.3) is 22.2 Å². The zero-order valence-electron chi connectivity index (χ0n) is 16.4. The molecule has 2 heterocycles. The molecule has 1 aromatic carbocycles. The Labute approximate surface area is 159 Å². The van der Waals surface area contributed by atoms with Crippen molar-refractivity contribution in [3.05, 3.63) is 52.7 Å². The van der Waals surface area contributed by atoms with Crippen LogP contribution >= 0.6 is 0 Å². The number of carbonyl (C=O) groups is 1. The van der Waals surface area contributed by atoms with Gasteiger partial charge in [-0.15, -0.1) is 0 Å². The minimum atomic E-state index is -0.196. The van der Waals surface area contributed by atoms with Gasteiger partial charge in [0.15, 0.2) is 0 Å². The number of hydrogen-bond acceptors (Lipinski definition) is 3. The molecule has 6 heteroatoms. The first-order valence-electron chi connectivity index (χ1n) is 9.27. The lowest BCUT2D eigenvalue weighted by Gasteiger charge is -2.17. The molecule has 27 heavy (non-hydrogen) atoms. The number of unbranched alkanes of at least 4 members (excludes halogenated alkanes) is 1. The second-order valence-electron chi connectivity index (χ2n) is 7.06. The van der Waals surface area contributed by atoms with Crippen molar-refractivity contribution in [1.82, 2.24) is 19.0 Å². The zero-order chi connectivity index (χ0) is 19.6. The van der Waals surface area contributed by atoms with E-state index in [4.69, 9.17) is 0 Å². The van der Waals surface area contributed by atoms with Crippen LogP contribution in [-0.2, 0) is 18.4 Å². The molecule has 0 aliphatic carbocycles. The van der Waals surface area contributed by atoms with Gasteiger partial charge in [-0.25, -0.2) is 4.98 Å². The standard InChI is InChI=1S/C21H26N4O2/c1-5-6-11-23(3)18(26)13-25-14-22-19-17(12-24(4)20(19)21(25)27)16-9-7-15(2)8-10-16/h7-10,12,14H,5-6,11,13H2,1-4H3. The zero-order valence-corrected chi connectivity index (χ0v) is 16.4. The lowest BCUT2D eigenvalue weighted by atomic mass is 10.1. The fourth-order valence-electron chi connectivity index (χ4n) is 3.16. The smallest absolute Gasteiger partial charge is 0.278 e. The van der Waals surface area contributed by atoms with Gasteiger partial charge < -0.3 is 9.47 Å². The molecule has 142 valence electrons. The van der Waals surface area contributed by atoms with E-state index in [1.54, 1.807) is 16.5 Å². The fraction of sp³-hybridized carbons (Fsp3) is 0.381. The molecule has 0 fully saturated rings. The van der Waals surface area contributed by atoms with Crippen LogP contribution in [-0.4, -0.2) is 38.5 Å². The maximum absolute atomic E-state index is 13.0. The van der Waals surface area contributed by atoms with E-state index in [1.165, 1.54) is 16.5 Å². The number of amides is 1. The number of rotatable bonds is 6. The predicted molar refractivity (Wildman–Crippen MR) is 108 cm³/mol. The highest BCUT2D eigenvalue weighted by Crippen LogP contribution is 2.27. The van der Waals surface area contributed by atoms with E-state index in [2.05, 4.69) is 11.9 Å². The highest BCUT2D eigenvalue weighted by atomic mass is 16.2. The Hall–Kier alpha value is -2.89. The third kappa shape index (κ3) is 3.79. The largest absolute Gasteiger partial charge is 0.344 e. The van der Waals surface area contributed by atoms with Crippen LogP contribution in [0.3, 0.4) is 0 Å². The normalized spacial score (nSPS) is 11.1. The van der Waals surface area contributed by atoms with Gasteiger partial charge in [0, 0.05) is 32.4 Å². The molecule has 1 amide bonds. The second-order valence-corrected chi connectivity index (χ2v) is 7.06. The van der Waals surface area contributed by atoms with E-state index in [0.717, 1.165) is 24.0 Å². The lowest BCUT2D eigenvalue weighted by molar-refractivity contribution is -0.130. The Morgan fingerprint density at radius 3 is 2.59 bits per heavy atom. The van der Waals surface area contributed by atoms with Crippen LogP contribution in [0, 0.1) is 6.92 Å². The van der Waals surface area contributed by atoms with Crippen LogP contribution < -0.4 is 5.56 Å². The summed E-state index contributed by atoms with van der Waals surface area (Å²) < 4.78 is 3.19. The van der Waals surface area contributed by atoms with Gasteiger partial charge in [0.2, 0.25) is 5.91 Å². The van der Waals surface area contributed by atoms with Gasteiger partial charge in [0.25, 0.3) is 5.56 Å². The minimum absolute atomic E-state index is 0.00698. The van der Waals surface area contributed by atoms with Gasteiger partial charge in [-0.05, 0) is 18.9 Å². The molecular weight excluding hydrogens is 340 g/mol. The van der Waals surface area contributed by atoms with Crippen molar-refractivity contribution in [2.45, 2.75) is 33.2 Å². The van der Waals surface area contributed by atoms with Crippen molar-refractivity contribution in [3.8, 4) is 11.1 Å². The number of carbonyl (C=O) groups excluding carboxylic acids is 1. The van der Waals surface area contributed by atoms with Gasteiger partial charge in [-0.3, -0.25) is 14.2 Å². The van der Waals surface area contributed by atoms with E-state index >= 15 is 0 Å². The van der Waals surface area contributed by atoms with Crippen molar-refractivity contribution >= 4 is 16.9 Å². The summed E-state index contributed by atoms with van der Waals surface area (Å²) in [6.07, 6.45) is 5.37. The summed E-state index contributed by atoms with van der Waals surface area (Å²) in [6.45, 7) is 4.83. The summed E-state index contributed by atoms with van der Waals surface area (Å²) in [4.78, 5) is 31.5. The van der Waals surface area contributed by atoms with Crippen LogP contribution in [0.1, 0.15) is 25.3 Å². The molecule has 0 spiro atoms. The molecule has 0 unspecified atom stereocenters. The molecule has 3 rings (SSSR count). The predicted octanol–water partition coefficient (Wildman–Crippen LogP) is 2.97. The molecule has 0 N–H and O–H groups in total. The van der Waals surface area contributed by atoms with E-state index in [-0.39, 0.29) is 18.0 Å². The molecule has 2 aromatic heterocycles. The maximum Gasteiger partial charge on any atom is 0.278 e. The summed E-state index contributed by atoms with van der Waals surface area (Å²) >= 11 is 0. The average Bonchev–Trinajstić information content (AvgIpc) is 2.99. The second kappa shape index (κ2) is 7.78. The van der Waals surface area contributed by atoms with Gasteiger partial charge in [-0.2, -0.15) is 0 Å². The highest BCUT2D eigenvalue weighted by molar-refractivity contribution is 5.92. The quantitative estimate of drug-likeness (QED) is 0.674. The molecule has 3 aromatic rings. The van der Waals surface area contributed by atoms with Gasteiger partial charge in [-0.1, -0.05) is 43.2 Å². The van der Waals surface area contributed by atoms with Gasteiger partial charge in [0.1, 0.15) is 17.6 Å². The Kier molecular flexibility index (Phi) is 5.44. The number of benzene rings is 1. The topological polar surface area (TPSA) is 60.1 Å². The number of aryl methyl sites for hydroxylation is 2. The number of likely N-dealkylation sites (N-methyl/N-ethyl adjacent to an activating group) is 1. The van der Waals surface area contributed by atoms with Crippen molar-refractivity contribution < 1.29 is 4.79 Å². The molecule has 0 saturated carbocycles. The average molecular weight is 366 g/mol. The highest BCUT2D eigenvalue weighted by Gasteiger charge is 2.17. The minimum Gasteiger partial charge on any atom is -0.344 e. The molecule has 0 radical (unpaired) electrons. The van der Waals surface area contributed by atoms with Crippen molar-refractivity contribution in [2.24, 2.45) is 7.05 Å². The first kappa shape index (κ1) is 18.9. The Balaban J connectivity index is 1.96. The van der Waals surface area contributed by atoms with E-state index in [1.807, 2.05) is 44.4 Å².